The molecule has 2 rings (SSSR count). The lowest BCUT2D eigenvalue weighted by Gasteiger charge is -2.37. The van der Waals surface area contributed by atoms with E-state index in [9.17, 15) is 0 Å². The molecule has 0 amide bonds. The van der Waals surface area contributed by atoms with Gasteiger partial charge in [-0.15, -0.1) is 0 Å². The molecule has 1 aliphatic heterocycles. The van der Waals surface area contributed by atoms with E-state index in [2.05, 4.69) is 36.1 Å². The highest BCUT2D eigenvalue weighted by molar-refractivity contribution is 5.27. The van der Waals surface area contributed by atoms with Crippen LogP contribution in [0.3, 0.4) is 0 Å². The van der Waals surface area contributed by atoms with Gasteiger partial charge < -0.3 is 15.4 Å². The first-order valence-electron chi connectivity index (χ1n) is 8.30. The molecule has 2 N–H and O–H groups in total. The predicted molar refractivity (Wildman–Crippen MR) is 88.7 cm³/mol. The highest BCUT2D eigenvalue weighted by Crippen LogP contribution is 2.22. The van der Waals surface area contributed by atoms with Gasteiger partial charge in [0.05, 0.1) is 7.11 Å². The quantitative estimate of drug-likeness (QED) is 0.838. The van der Waals surface area contributed by atoms with Crippen LogP contribution in [-0.4, -0.2) is 37.7 Å². The van der Waals surface area contributed by atoms with Crippen LogP contribution >= 0.6 is 0 Å². The number of rotatable bonds is 7. The molecule has 2 atom stereocenters. The lowest BCUT2D eigenvalue weighted by atomic mass is 9.93. The summed E-state index contributed by atoms with van der Waals surface area (Å²) in [5.74, 6) is 1.75. The van der Waals surface area contributed by atoms with Crippen molar-refractivity contribution in [3.8, 4) is 5.75 Å². The van der Waals surface area contributed by atoms with Gasteiger partial charge in [-0.05, 0) is 75.7 Å². The van der Waals surface area contributed by atoms with Gasteiger partial charge >= 0.3 is 0 Å². The number of hydrogen-bond donors (Lipinski definition) is 1. The van der Waals surface area contributed by atoms with E-state index in [1.54, 1.807) is 7.11 Å². The molecule has 3 heteroatoms. The van der Waals surface area contributed by atoms with Crippen LogP contribution in [0.2, 0.25) is 0 Å². The van der Waals surface area contributed by atoms with Crippen LogP contribution < -0.4 is 10.5 Å². The second-order valence-electron chi connectivity index (χ2n) is 6.32. The zero-order valence-electron chi connectivity index (χ0n) is 13.6. The summed E-state index contributed by atoms with van der Waals surface area (Å²) in [6, 6.07) is 9.13. The molecular formula is C18H30N2O. The fourth-order valence-corrected chi connectivity index (χ4v) is 3.32. The van der Waals surface area contributed by atoms with Gasteiger partial charge in [0.25, 0.3) is 0 Å². The standard InChI is InChI=1S/C18H30N2O/c1-15(20-13-3-4-17(14-20)11-12-19)5-6-16-7-9-18(21-2)10-8-16/h7-10,15,17H,3-6,11-14,19H2,1-2H3. The SMILES string of the molecule is COc1ccc(CCC(C)N2CCCC(CCN)C2)cc1. The molecule has 1 aromatic rings. The van der Waals surface area contributed by atoms with Gasteiger partial charge in [-0.3, -0.25) is 0 Å². The van der Waals surface area contributed by atoms with Gasteiger partial charge in [-0.1, -0.05) is 12.1 Å². The fraction of sp³-hybridized carbons (Fsp3) is 0.667. The maximum absolute atomic E-state index is 5.71. The van der Waals surface area contributed by atoms with Crippen LogP contribution in [0.25, 0.3) is 0 Å². The number of nitrogens with zero attached hydrogens (tertiary/aromatic N) is 1. The van der Waals surface area contributed by atoms with Gasteiger partial charge in [0.15, 0.2) is 0 Å². The summed E-state index contributed by atoms with van der Waals surface area (Å²) < 4.78 is 5.21. The Balaban J connectivity index is 1.78. The molecule has 0 aliphatic carbocycles. The molecule has 118 valence electrons. The maximum atomic E-state index is 5.71. The van der Waals surface area contributed by atoms with E-state index in [1.807, 2.05) is 0 Å². The minimum atomic E-state index is 0.660. The summed E-state index contributed by atoms with van der Waals surface area (Å²) in [6.45, 7) is 5.69. The van der Waals surface area contributed by atoms with E-state index < -0.39 is 0 Å². The van der Waals surface area contributed by atoms with E-state index >= 15 is 0 Å². The zero-order chi connectivity index (χ0) is 15.1. The number of ether oxygens (including phenoxy) is 1. The number of nitrogens with two attached hydrogens (primary N) is 1. The summed E-state index contributed by atoms with van der Waals surface area (Å²) >= 11 is 0. The van der Waals surface area contributed by atoms with Gasteiger partial charge in [0, 0.05) is 12.6 Å². The second kappa shape index (κ2) is 8.40. The third-order valence-electron chi connectivity index (χ3n) is 4.76. The molecule has 1 aliphatic rings. The van der Waals surface area contributed by atoms with Crippen molar-refractivity contribution >= 4 is 0 Å². The van der Waals surface area contributed by atoms with Gasteiger partial charge in [-0.2, -0.15) is 0 Å². The smallest absolute Gasteiger partial charge is 0.118 e. The Morgan fingerprint density at radius 3 is 2.76 bits per heavy atom. The summed E-state index contributed by atoms with van der Waals surface area (Å²) in [5.41, 5.74) is 7.11. The van der Waals surface area contributed by atoms with E-state index in [1.165, 1.54) is 44.3 Å². The van der Waals surface area contributed by atoms with Crippen molar-refractivity contribution in [3.63, 3.8) is 0 Å². The molecule has 21 heavy (non-hydrogen) atoms. The van der Waals surface area contributed by atoms with Gasteiger partial charge in [-0.25, -0.2) is 0 Å². The Kier molecular flexibility index (Phi) is 6.52. The van der Waals surface area contributed by atoms with Gasteiger partial charge in [0.1, 0.15) is 5.75 Å². The number of aryl methyl sites for hydroxylation is 1. The van der Waals surface area contributed by atoms with E-state index in [-0.39, 0.29) is 0 Å². The lowest BCUT2D eigenvalue weighted by Crippen LogP contribution is -2.42. The number of hydrogen-bond acceptors (Lipinski definition) is 3. The number of methoxy groups -OCH3 is 1. The van der Waals surface area contributed by atoms with Crippen LogP contribution in [-0.2, 0) is 6.42 Å². The van der Waals surface area contributed by atoms with Crippen LogP contribution in [0.5, 0.6) is 5.75 Å². The highest BCUT2D eigenvalue weighted by atomic mass is 16.5. The maximum Gasteiger partial charge on any atom is 0.118 e. The largest absolute Gasteiger partial charge is 0.497 e. The third kappa shape index (κ3) is 5.01. The van der Waals surface area contributed by atoms with Crippen molar-refractivity contribution < 1.29 is 4.74 Å². The van der Waals surface area contributed by atoms with E-state index in [0.717, 1.165) is 24.6 Å². The highest BCUT2D eigenvalue weighted by Gasteiger charge is 2.22. The fourth-order valence-electron chi connectivity index (χ4n) is 3.32. The zero-order valence-corrected chi connectivity index (χ0v) is 13.6. The number of piperidine rings is 1. The molecular weight excluding hydrogens is 260 g/mol. The molecule has 1 heterocycles. The van der Waals surface area contributed by atoms with Crippen molar-refractivity contribution in [2.75, 3.05) is 26.7 Å². The molecule has 0 spiro atoms. The molecule has 0 radical (unpaired) electrons. The molecule has 0 saturated carbocycles. The summed E-state index contributed by atoms with van der Waals surface area (Å²) in [7, 11) is 1.71. The minimum Gasteiger partial charge on any atom is -0.497 e. The van der Waals surface area contributed by atoms with Crippen LogP contribution in [0.1, 0.15) is 38.2 Å². The molecule has 2 unspecified atom stereocenters. The van der Waals surface area contributed by atoms with E-state index in [0.29, 0.717) is 6.04 Å². The number of benzene rings is 1. The molecule has 1 fully saturated rings. The first kappa shape index (κ1) is 16.3. The third-order valence-corrected chi connectivity index (χ3v) is 4.76. The van der Waals surface area contributed by atoms with Crippen molar-refractivity contribution in [2.24, 2.45) is 11.7 Å². The normalized spacial score (nSPS) is 21.2. The predicted octanol–water partition coefficient (Wildman–Crippen LogP) is 3.08. The Morgan fingerprint density at radius 2 is 2.10 bits per heavy atom. The molecule has 3 nitrogen and oxygen atoms in total. The molecule has 1 aromatic carbocycles. The topological polar surface area (TPSA) is 38.5 Å². The van der Waals surface area contributed by atoms with Crippen LogP contribution in [0.4, 0.5) is 0 Å². The number of likely N-dealkylation sites (tertiary alicyclic amines) is 1. The first-order valence-corrected chi connectivity index (χ1v) is 8.30. The van der Waals surface area contributed by atoms with Crippen molar-refractivity contribution in [1.82, 2.24) is 4.90 Å². The van der Waals surface area contributed by atoms with Crippen LogP contribution in [0, 0.1) is 5.92 Å². The summed E-state index contributed by atoms with van der Waals surface area (Å²) in [6.07, 6.45) is 6.24. The van der Waals surface area contributed by atoms with Crippen LogP contribution in [0.15, 0.2) is 24.3 Å². The first-order chi connectivity index (χ1) is 10.2. The Hall–Kier alpha value is -1.06. The van der Waals surface area contributed by atoms with E-state index in [4.69, 9.17) is 10.5 Å². The minimum absolute atomic E-state index is 0.660. The summed E-state index contributed by atoms with van der Waals surface area (Å²) in [4.78, 5) is 2.66. The van der Waals surface area contributed by atoms with Gasteiger partial charge in [0.2, 0.25) is 0 Å². The summed E-state index contributed by atoms with van der Waals surface area (Å²) in [5, 5.41) is 0. The lowest BCUT2D eigenvalue weighted by molar-refractivity contribution is 0.123. The Morgan fingerprint density at radius 1 is 1.33 bits per heavy atom. The average Bonchev–Trinajstić information content (AvgIpc) is 2.53. The van der Waals surface area contributed by atoms with Crippen molar-refractivity contribution in [2.45, 2.75) is 45.1 Å². The molecule has 0 aromatic heterocycles. The second-order valence-corrected chi connectivity index (χ2v) is 6.32. The van der Waals surface area contributed by atoms with Crippen molar-refractivity contribution in [3.05, 3.63) is 29.8 Å². The Labute approximate surface area is 129 Å². The Bertz CT molecular complexity index is 402. The average molecular weight is 290 g/mol. The molecule has 1 saturated heterocycles. The van der Waals surface area contributed by atoms with Crippen molar-refractivity contribution in [1.29, 1.82) is 0 Å². The molecule has 0 bridgehead atoms. The monoisotopic (exact) mass is 290 g/mol.